The lowest BCUT2D eigenvalue weighted by Gasteiger charge is -2.33. The van der Waals surface area contributed by atoms with Crippen molar-refractivity contribution in [3.05, 3.63) is 69.1 Å². The average molecular weight is 501 g/mol. The van der Waals surface area contributed by atoms with E-state index in [1.54, 1.807) is 18.2 Å². The molecular weight excluding hydrogens is 472 g/mol. The summed E-state index contributed by atoms with van der Waals surface area (Å²) in [5, 5.41) is 11.8. The van der Waals surface area contributed by atoms with E-state index in [2.05, 4.69) is 11.3 Å². The Hall–Kier alpha value is -2.61. The number of carbonyl (C=O) groups excluding carboxylic acids is 1. The fourth-order valence-corrected chi connectivity index (χ4v) is 6.13. The quantitative estimate of drug-likeness (QED) is 0.507. The molecule has 0 aromatic heterocycles. The van der Waals surface area contributed by atoms with Gasteiger partial charge in [0.1, 0.15) is 0 Å². The maximum Gasteiger partial charge on any atom is 0.254 e. The third kappa shape index (κ3) is 4.28. The number of fused-ring (bicyclic) bond motifs is 2. The number of hydrogen-bond acceptors (Lipinski definition) is 4. The van der Waals surface area contributed by atoms with Gasteiger partial charge in [-0.25, -0.2) is 8.42 Å². The van der Waals surface area contributed by atoms with Crippen LogP contribution in [0.1, 0.15) is 60.2 Å². The molecule has 0 unspecified atom stereocenters. The van der Waals surface area contributed by atoms with Crippen LogP contribution in [0, 0.1) is 12.8 Å². The molecule has 0 fully saturated rings. The molecule has 2 aromatic carbocycles. The van der Waals surface area contributed by atoms with Gasteiger partial charge < -0.3 is 10.8 Å². The number of amides is 1. The molecule has 0 radical (unpaired) electrons. The number of allylic oxidation sites excluding steroid dienone is 2. The standard InChI is InChI=1S/C26H29ClN2O4S/c1-5-34(32,33)29-22-8-6-7-17(14(22)2)24-21(27)13-20(25(28)30)19-12-15-11-16(26(3,4)31)9-10-18(15)23(19)24/h5-8,13,16,29,31H,1,9-12H2,2-4H3,(H2,28,30)/t16-/m1/s1. The molecule has 4 rings (SSSR count). The topological polar surface area (TPSA) is 109 Å². The van der Waals surface area contributed by atoms with Crippen molar-refractivity contribution in [1.82, 2.24) is 0 Å². The van der Waals surface area contributed by atoms with Crippen molar-refractivity contribution >= 4 is 38.8 Å². The summed E-state index contributed by atoms with van der Waals surface area (Å²) >= 11 is 6.78. The Kier molecular flexibility index (Phi) is 6.17. The number of rotatable bonds is 6. The molecule has 2 aliphatic carbocycles. The van der Waals surface area contributed by atoms with Gasteiger partial charge in [-0.15, -0.1) is 0 Å². The Labute approximate surface area is 205 Å². The third-order valence-electron chi connectivity index (χ3n) is 7.08. The maximum absolute atomic E-state index is 12.3. The molecule has 4 N–H and O–H groups in total. The first-order valence-corrected chi connectivity index (χ1v) is 13.1. The molecule has 0 saturated heterocycles. The Bertz CT molecular complexity index is 1350. The van der Waals surface area contributed by atoms with Crippen molar-refractivity contribution in [1.29, 1.82) is 0 Å². The summed E-state index contributed by atoms with van der Waals surface area (Å²) < 4.78 is 26.8. The predicted octanol–water partition coefficient (Wildman–Crippen LogP) is 5.18. The van der Waals surface area contributed by atoms with Crippen molar-refractivity contribution in [3.8, 4) is 11.1 Å². The minimum atomic E-state index is -3.69. The minimum Gasteiger partial charge on any atom is -0.390 e. The van der Waals surface area contributed by atoms with E-state index >= 15 is 0 Å². The average Bonchev–Trinajstić information content (AvgIpc) is 3.13. The highest BCUT2D eigenvalue weighted by molar-refractivity contribution is 7.95. The lowest BCUT2D eigenvalue weighted by Crippen LogP contribution is -2.32. The lowest BCUT2D eigenvalue weighted by atomic mass is 9.75. The van der Waals surface area contributed by atoms with Gasteiger partial charge in [-0.05, 0) is 92.3 Å². The van der Waals surface area contributed by atoms with Gasteiger partial charge >= 0.3 is 0 Å². The van der Waals surface area contributed by atoms with Gasteiger partial charge in [-0.2, -0.15) is 0 Å². The SMILES string of the molecule is C=CS(=O)(=O)Nc1cccc(-c2c(Cl)cc(C(N)=O)c3c2C2=C(C3)C[C@H](C(C)(C)O)CC2)c1C. The van der Waals surface area contributed by atoms with Crippen LogP contribution in [0.2, 0.25) is 5.02 Å². The molecule has 34 heavy (non-hydrogen) atoms. The highest BCUT2D eigenvalue weighted by Crippen LogP contribution is 2.52. The first kappa shape index (κ1) is 24.5. The zero-order chi connectivity index (χ0) is 25.0. The Morgan fingerprint density at radius 1 is 1.32 bits per heavy atom. The minimum absolute atomic E-state index is 0.120. The van der Waals surface area contributed by atoms with Crippen LogP contribution in [-0.2, 0) is 16.4 Å². The van der Waals surface area contributed by atoms with E-state index in [1.165, 1.54) is 5.57 Å². The van der Waals surface area contributed by atoms with E-state index in [0.29, 0.717) is 28.3 Å². The summed E-state index contributed by atoms with van der Waals surface area (Å²) in [5.41, 5.74) is 12.1. The van der Waals surface area contributed by atoms with Gasteiger partial charge in [0.2, 0.25) is 5.91 Å². The number of hydrogen-bond donors (Lipinski definition) is 3. The second kappa shape index (κ2) is 8.56. The first-order chi connectivity index (χ1) is 15.8. The summed E-state index contributed by atoms with van der Waals surface area (Å²) in [4.78, 5) is 12.3. The number of nitrogens with two attached hydrogens (primary N) is 1. The summed E-state index contributed by atoms with van der Waals surface area (Å²) in [6.07, 6.45) is 2.89. The van der Waals surface area contributed by atoms with Crippen molar-refractivity contribution in [2.75, 3.05) is 4.72 Å². The third-order valence-corrected chi connectivity index (χ3v) is 8.32. The van der Waals surface area contributed by atoms with Crippen molar-refractivity contribution < 1.29 is 18.3 Å². The number of halogens is 1. The van der Waals surface area contributed by atoms with Crippen LogP contribution < -0.4 is 10.5 Å². The van der Waals surface area contributed by atoms with E-state index < -0.39 is 21.5 Å². The smallest absolute Gasteiger partial charge is 0.254 e. The fraction of sp³-hybridized carbons (Fsp3) is 0.346. The van der Waals surface area contributed by atoms with Gasteiger partial charge in [-0.3, -0.25) is 9.52 Å². The number of carbonyl (C=O) groups is 1. The monoisotopic (exact) mass is 500 g/mol. The molecule has 2 aliphatic rings. The number of sulfonamides is 1. The molecule has 1 amide bonds. The Morgan fingerprint density at radius 3 is 2.65 bits per heavy atom. The summed E-state index contributed by atoms with van der Waals surface area (Å²) in [6, 6.07) is 6.96. The van der Waals surface area contributed by atoms with Crippen LogP contribution in [-0.4, -0.2) is 25.0 Å². The highest BCUT2D eigenvalue weighted by Gasteiger charge is 2.38. The zero-order valence-electron chi connectivity index (χ0n) is 19.5. The molecule has 0 saturated carbocycles. The lowest BCUT2D eigenvalue weighted by molar-refractivity contribution is 0.0123. The first-order valence-electron chi connectivity index (χ1n) is 11.2. The van der Waals surface area contributed by atoms with Crippen molar-refractivity contribution in [2.45, 2.75) is 52.1 Å². The number of benzene rings is 2. The van der Waals surface area contributed by atoms with Crippen molar-refractivity contribution in [3.63, 3.8) is 0 Å². The summed E-state index contributed by atoms with van der Waals surface area (Å²) in [6.45, 7) is 8.86. The van der Waals surface area contributed by atoms with E-state index in [4.69, 9.17) is 17.3 Å². The number of anilines is 1. The van der Waals surface area contributed by atoms with Gasteiger partial charge in [0.05, 0.1) is 11.3 Å². The molecule has 1 atom stereocenters. The second-order valence-corrected chi connectivity index (χ2v) is 11.7. The van der Waals surface area contributed by atoms with Crippen LogP contribution in [0.5, 0.6) is 0 Å². The van der Waals surface area contributed by atoms with Crippen LogP contribution in [0.4, 0.5) is 5.69 Å². The summed E-state index contributed by atoms with van der Waals surface area (Å²) in [5.74, 6) is -0.414. The van der Waals surface area contributed by atoms with Gasteiger partial charge in [0.25, 0.3) is 10.0 Å². The summed E-state index contributed by atoms with van der Waals surface area (Å²) in [7, 11) is -3.69. The van der Waals surface area contributed by atoms with Crippen LogP contribution in [0.25, 0.3) is 16.7 Å². The molecule has 0 bridgehead atoms. The highest BCUT2D eigenvalue weighted by atomic mass is 35.5. The van der Waals surface area contributed by atoms with E-state index in [9.17, 15) is 18.3 Å². The van der Waals surface area contributed by atoms with Crippen molar-refractivity contribution in [2.24, 2.45) is 11.7 Å². The van der Waals surface area contributed by atoms with E-state index in [-0.39, 0.29) is 5.92 Å². The van der Waals surface area contributed by atoms with Gasteiger partial charge in [0.15, 0.2) is 0 Å². The largest absolute Gasteiger partial charge is 0.390 e. The Morgan fingerprint density at radius 2 is 2.03 bits per heavy atom. The predicted molar refractivity (Wildman–Crippen MR) is 137 cm³/mol. The molecule has 180 valence electrons. The van der Waals surface area contributed by atoms with Crippen LogP contribution in [0.3, 0.4) is 0 Å². The molecule has 0 heterocycles. The number of primary amides is 1. The molecule has 8 heteroatoms. The van der Waals surface area contributed by atoms with E-state index in [1.807, 2.05) is 26.8 Å². The maximum atomic E-state index is 12.3. The molecule has 6 nitrogen and oxygen atoms in total. The van der Waals surface area contributed by atoms with Crippen LogP contribution >= 0.6 is 11.6 Å². The second-order valence-electron chi connectivity index (χ2n) is 9.64. The number of nitrogens with one attached hydrogen (secondary N) is 1. The van der Waals surface area contributed by atoms with Gasteiger partial charge in [0, 0.05) is 21.6 Å². The number of aliphatic hydroxyl groups is 1. The zero-order valence-corrected chi connectivity index (χ0v) is 21.1. The molecule has 0 spiro atoms. The molecule has 2 aromatic rings. The Balaban J connectivity index is 1.93. The van der Waals surface area contributed by atoms with Gasteiger partial charge in [-0.1, -0.05) is 35.9 Å². The molecular formula is C26H29ClN2O4S. The fourth-order valence-electron chi connectivity index (χ4n) is 5.22. The molecule has 0 aliphatic heterocycles. The van der Waals surface area contributed by atoms with Crippen LogP contribution in [0.15, 0.2) is 41.8 Å². The normalized spacial score (nSPS) is 17.9. The van der Waals surface area contributed by atoms with E-state index in [0.717, 1.165) is 52.5 Å².